The van der Waals surface area contributed by atoms with Gasteiger partial charge in [0.05, 0.1) is 6.54 Å². The number of rotatable bonds is 6. The highest BCUT2D eigenvalue weighted by atomic mass is 16.3. The molecular weight excluding hydrogens is 202 g/mol. The van der Waals surface area contributed by atoms with E-state index < -0.39 is 0 Å². The van der Waals surface area contributed by atoms with E-state index in [-0.39, 0.29) is 5.41 Å². The standard InChI is InChI=1S/C13H21NO2/c1-5-13(3,10-15)9-14(4)8-12-7-6-11(2)16-12/h6-7,10H,5,8-9H2,1-4H3. The largest absolute Gasteiger partial charge is 0.465 e. The predicted molar refractivity (Wildman–Crippen MR) is 64.2 cm³/mol. The van der Waals surface area contributed by atoms with E-state index in [9.17, 15) is 4.79 Å². The summed E-state index contributed by atoms with van der Waals surface area (Å²) in [4.78, 5) is 13.1. The highest BCUT2D eigenvalue weighted by Crippen LogP contribution is 2.20. The third-order valence-corrected chi connectivity index (χ3v) is 2.95. The molecule has 0 spiro atoms. The summed E-state index contributed by atoms with van der Waals surface area (Å²) in [5, 5.41) is 0. The lowest BCUT2D eigenvalue weighted by Crippen LogP contribution is -2.33. The van der Waals surface area contributed by atoms with Crippen molar-refractivity contribution in [1.29, 1.82) is 0 Å². The topological polar surface area (TPSA) is 33.5 Å². The van der Waals surface area contributed by atoms with Gasteiger partial charge in [0.25, 0.3) is 0 Å². The van der Waals surface area contributed by atoms with Crippen LogP contribution in [0.3, 0.4) is 0 Å². The molecule has 0 aliphatic rings. The summed E-state index contributed by atoms with van der Waals surface area (Å²) in [6, 6.07) is 3.94. The Balaban J connectivity index is 2.53. The fourth-order valence-corrected chi connectivity index (χ4v) is 1.74. The minimum absolute atomic E-state index is 0.254. The second kappa shape index (κ2) is 5.30. The van der Waals surface area contributed by atoms with E-state index >= 15 is 0 Å². The number of hydrogen-bond acceptors (Lipinski definition) is 3. The Morgan fingerprint density at radius 2 is 2.19 bits per heavy atom. The average Bonchev–Trinajstić information content (AvgIpc) is 2.63. The van der Waals surface area contributed by atoms with Crippen LogP contribution in [0.25, 0.3) is 0 Å². The predicted octanol–water partition coefficient (Wildman–Crippen LogP) is 2.64. The van der Waals surface area contributed by atoms with Gasteiger partial charge in [-0.15, -0.1) is 0 Å². The average molecular weight is 223 g/mol. The van der Waals surface area contributed by atoms with E-state index in [1.54, 1.807) is 0 Å². The van der Waals surface area contributed by atoms with E-state index in [0.29, 0.717) is 0 Å². The number of nitrogens with zero attached hydrogens (tertiary/aromatic N) is 1. The van der Waals surface area contributed by atoms with Crippen molar-refractivity contribution >= 4 is 6.29 Å². The molecule has 0 aliphatic carbocycles. The molecule has 1 unspecified atom stereocenters. The molecule has 0 amide bonds. The third kappa shape index (κ3) is 3.49. The van der Waals surface area contributed by atoms with Gasteiger partial charge in [-0.3, -0.25) is 4.90 Å². The van der Waals surface area contributed by atoms with Crippen molar-refractivity contribution in [2.24, 2.45) is 5.41 Å². The van der Waals surface area contributed by atoms with Crippen molar-refractivity contribution < 1.29 is 9.21 Å². The minimum Gasteiger partial charge on any atom is -0.465 e. The van der Waals surface area contributed by atoms with Gasteiger partial charge in [-0.1, -0.05) is 13.8 Å². The Kier molecular flexibility index (Phi) is 4.30. The Morgan fingerprint density at radius 1 is 1.50 bits per heavy atom. The van der Waals surface area contributed by atoms with Crippen LogP contribution in [0.5, 0.6) is 0 Å². The van der Waals surface area contributed by atoms with Crippen LogP contribution in [0.4, 0.5) is 0 Å². The molecule has 1 atom stereocenters. The van der Waals surface area contributed by atoms with Crippen LogP contribution < -0.4 is 0 Å². The molecule has 0 aliphatic heterocycles. The number of aldehydes is 1. The van der Waals surface area contributed by atoms with Gasteiger partial charge < -0.3 is 9.21 Å². The van der Waals surface area contributed by atoms with Crippen molar-refractivity contribution in [3.63, 3.8) is 0 Å². The molecule has 0 aromatic carbocycles. The SMILES string of the molecule is CCC(C)(C=O)CN(C)Cc1ccc(C)o1. The minimum atomic E-state index is -0.254. The normalized spacial score (nSPS) is 15.1. The highest BCUT2D eigenvalue weighted by molar-refractivity contribution is 5.58. The maximum atomic E-state index is 11.0. The monoisotopic (exact) mass is 223 g/mol. The Labute approximate surface area is 97.4 Å². The quantitative estimate of drug-likeness (QED) is 0.695. The number of carbonyl (C=O) groups is 1. The van der Waals surface area contributed by atoms with Crippen LogP contribution >= 0.6 is 0 Å². The van der Waals surface area contributed by atoms with E-state index in [0.717, 1.165) is 37.3 Å². The molecule has 1 rings (SSSR count). The first-order chi connectivity index (χ1) is 7.49. The Morgan fingerprint density at radius 3 is 2.62 bits per heavy atom. The maximum Gasteiger partial charge on any atom is 0.127 e. The second-order valence-electron chi connectivity index (χ2n) is 4.81. The molecular formula is C13H21NO2. The molecule has 3 nitrogen and oxygen atoms in total. The van der Waals surface area contributed by atoms with Gasteiger partial charge >= 0.3 is 0 Å². The first-order valence-electron chi connectivity index (χ1n) is 5.69. The summed E-state index contributed by atoms with van der Waals surface area (Å²) in [6.45, 7) is 7.47. The van der Waals surface area contributed by atoms with E-state index in [2.05, 4.69) is 4.90 Å². The molecule has 1 aromatic heterocycles. The van der Waals surface area contributed by atoms with Crippen LogP contribution in [0.2, 0.25) is 0 Å². The summed E-state index contributed by atoms with van der Waals surface area (Å²) in [5.41, 5.74) is -0.254. The number of hydrogen-bond donors (Lipinski definition) is 0. The second-order valence-corrected chi connectivity index (χ2v) is 4.81. The maximum absolute atomic E-state index is 11.0. The van der Waals surface area contributed by atoms with Gasteiger partial charge in [0.1, 0.15) is 17.8 Å². The van der Waals surface area contributed by atoms with E-state index in [1.165, 1.54) is 0 Å². The Bertz CT molecular complexity index is 345. The summed E-state index contributed by atoms with van der Waals surface area (Å²) in [5.74, 6) is 1.88. The molecule has 3 heteroatoms. The highest BCUT2D eigenvalue weighted by Gasteiger charge is 2.23. The van der Waals surface area contributed by atoms with Gasteiger partial charge in [0.15, 0.2) is 0 Å². The lowest BCUT2D eigenvalue weighted by atomic mass is 9.89. The van der Waals surface area contributed by atoms with Gasteiger partial charge in [0, 0.05) is 12.0 Å². The van der Waals surface area contributed by atoms with E-state index in [4.69, 9.17) is 4.42 Å². The van der Waals surface area contributed by atoms with Gasteiger partial charge in [-0.25, -0.2) is 0 Å². The zero-order chi connectivity index (χ0) is 12.2. The fourth-order valence-electron chi connectivity index (χ4n) is 1.74. The zero-order valence-electron chi connectivity index (χ0n) is 10.6. The zero-order valence-corrected chi connectivity index (χ0v) is 10.6. The molecule has 0 fully saturated rings. The summed E-state index contributed by atoms with van der Waals surface area (Å²) >= 11 is 0. The van der Waals surface area contributed by atoms with Crippen molar-refractivity contribution in [3.05, 3.63) is 23.7 Å². The smallest absolute Gasteiger partial charge is 0.127 e. The molecule has 90 valence electrons. The van der Waals surface area contributed by atoms with Crippen molar-refractivity contribution in [2.45, 2.75) is 33.7 Å². The van der Waals surface area contributed by atoms with Crippen LogP contribution in [-0.4, -0.2) is 24.8 Å². The van der Waals surface area contributed by atoms with Crippen molar-refractivity contribution in [2.75, 3.05) is 13.6 Å². The fraction of sp³-hybridized carbons (Fsp3) is 0.615. The van der Waals surface area contributed by atoms with Crippen molar-refractivity contribution in [1.82, 2.24) is 4.90 Å². The lowest BCUT2D eigenvalue weighted by molar-refractivity contribution is -0.116. The van der Waals surface area contributed by atoms with Gasteiger partial charge in [0.2, 0.25) is 0 Å². The van der Waals surface area contributed by atoms with E-state index in [1.807, 2.05) is 40.0 Å². The number of aryl methyl sites for hydroxylation is 1. The number of carbonyl (C=O) groups excluding carboxylic acids is 1. The summed E-state index contributed by atoms with van der Waals surface area (Å²) < 4.78 is 5.51. The molecule has 0 bridgehead atoms. The molecule has 0 saturated carbocycles. The summed E-state index contributed by atoms with van der Waals surface area (Å²) in [7, 11) is 2.01. The van der Waals surface area contributed by atoms with Crippen LogP contribution in [-0.2, 0) is 11.3 Å². The van der Waals surface area contributed by atoms with Gasteiger partial charge in [-0.05, 0) is 32.5 Å². The molecule has 1 heterocycles. The first-order valence-corrected chi connectivity index (χ1v) is 5.69. The van der Waals surface area contributed by atoms with Gasteiger partial charge in [-0.2, -0.15) is 0 Å². The van der Waals surface area contributed by atoms with Crippen LogP contribution in [0.15, 0.2) is 16.5 Å². The molecule has 1 aromatic rings. The molecule has 16 heavy (non-hydrogen) atoms. The third-order valence-electron chi connectivity index (χ3n) is 2.95. The van der Waals surface area contributed by atoms with Crippen molar-refractivity contribution in [3.8, 4) is 0 Å². The molecule has 0 saturated heterocycles. The van der Waals surface area contributed by atoms with Crippen LogP contribution in [0, 0.1) is 12.3 Å². The van der Waals surface area contributed by atoms with Crippen LogP contribution in [0.1, 0.15) is 31.8 Å². The lowest BCUT2D eigenvalue weighted by Gasteiger charge is -2.27. The molecule has 0 N–H and O–H groups in total. The molecule has 0 radical (unpaired) electrons. The first kappa shape index (κ1) is 13.0. The number of furan rings is 1. The Hall–Kier alpha value is -1.09. The summed E-state index contributed by atoms with van der Waals surface area (Å²) in [6.07, 6.45) is 1.91.